The lowest BCUT2D eigenvalue weighted by Crippen LogP contribution is -2.31. The van der Waals surface area contributed by atoms with E-state index in [1.54, 1.807) is 6.92 Å². The van der Waals surface area contributed by atoms with Gasteiger partial charge in [-0.25, -0.2) is 12.8 Å². The molecule has 2 heterocycles. The molecule has 2 atom stereocenters. The summed E-state index contributed by atoms with van der Waals surface area (Å²) in [5.41, 5.74) is 3.06. The number of pyridine rings is 1. The third-order valence-corrected chi connectivity index (χ3v) is 12.2. The molecular formula is C39H47F4N3O4S. The number of amides is 1. The number of nitrogens with one attached hydrogen (secondary N) is 1. The van der Waals surface area contributed by atoms with Crippen LogP contribution in [0.2, 0.25) is 0 Å². The summed E-state index contributed by atoms with van der Waals surface area (Å²) in [6, 6.07) is 14.1. The number of benzene rings is 2. The van der Waals surface area contributed by atoms with Gasteiger partial charge in [-0.05, 0) is 149 Å². The van der Waals surface area contributed by atoms with Gasteiger partial charge in [-0.3, -0.25) is 9.78 Å². The summed E-state index contributed by atoms with van der Waals surface area (Å²) in [4.78, 5) is 20.7. The summed E-state index contributed by atoms with van der Waals surface area (Å²) in [5.74, 6) is 0.00911. The smallest absolute Gasteiger partial charge is 0.406 e. The van der Waals surface area contributed by atoms with Gasteiger partial charge >= 0.3 is 6.36 Å². The van der Waals surface area contributed by atoms with Crippen LogP contribution < -0.4 is 10.1 Å². The summed E-state index contributed by atoms with van der Waals surface area (Å²) in [5, 5.41) is 2.14. The third kappa shape index (κ3) is 11.6. The first kappa shape index (κ1) is 38.5. The van der Waals surface area contributed by atoms with Crippen LogP contribution in [0.15, 0.2) is 77.7 Å². The summed E-state index contributed by atoms with van der Waals surface area (Å²) in [6.45, 7) is 9.19. The molecule has 0 bridgehead atoms. The number of sulfone groups is 1. The van der Waals surface area contributed by atoms with Gasteiger partial charge in [0.05, 0.1) is 15.8 Å². The highest BCUT2D eigenvalue weighted by atomic mass is 32.2. The quantitative estimate of drug-likeness (QED) is 0.0960. The van der Waals surface area contributed by atoms with E-state index in [1.807, 2.05) is 12.1 Å². The van der Waals surface area contributed by atoms with Crippen LogP contribution in [0.3, 0.4) is 0 Å². The maximum atomic E-state index is 13.4. The van der Waals surface area contributed by atoms with E-state index in [0.29, 0.717) is 23.6 Å². The van der Waals surface area contributed by atoms with Gasteiger partial charge in [0.1, 0.15) is 11.6 Å². The molecule has 1 aliphatic carbocycles. The molecule has 0 radical (unpaired) electrons. The molecule has 7 nitrogen and oxygen atoms in total. The predicted molar refractivity (Wildman–Crippen MR) is 189 cm³/mol. The zero-order valence-electron chi connectivity index (χ0n) is 29.1. The maximum absolute atomic E-state index is 13.4. The molecule has 2 unspecified atom stereocenters. The Balaban J connectivity index is 1.26. The molecule has 1 N–H and O–H groups in total. The van der Waals surface area contributed by atoms with Crippen molar-refractivity contribution in [2.75, 3.05) is 19.6 Å². The largest absolute Gasteiger partial charge is 0.573 e. The summed E-state index contributed by atoms with van der Waals surface area (Å²) in [7, 11) is -3.73. The number of carbonyl (C=O) groups is 1. The lowest BCUT2D eigenvalue weighted by molar-refractivity contribution is -0.274. The van der Waals surface area contributed by atoms with Gasteiger partial charge in [0.25, 0.3) is 0 Å². The Morgan fingerprint density at radius 3 is 2.39 bits per heavy atom. The third-order valence-electron chi connectivity index (χ3n) is 9.80. The Bertz CT molecular complexity index is 1740. The first-order valence-electron chi connectivity index (χ1n) is 17.8. The number of hydrogen-bond acceptors (Lipinski definition) is 6. The van der Waals surface area contributed by atoms with Gasteiger partial charge in [0.15, 0.2) is 9.84 Å². The van der Waals surface area contributed by atoms with Crippen molar-refractivity contribution in [3.05, 3.63) is 89.9 Å². The molecule has 1 amide bonds. The molecule has 2 aromatic carbocycles. The van der Waals surface area contributed by atoms with E-state index in [9.17, 15) is 30.8 Å². The summed E-state index contributed by atoms with van der Waals surface area (Å²) >= 11 is 0. The highest BCUT2D eigenvalue weighted by molar-refractivity contribution is 7.92. The highest BCUT2D eigenvalue weighted by Crippen LogP contribution is 2.32. The van der Waals surface area contributed by atoms with Crippen molar-refractivity contribution < 1.29 is 35.5 Å². The van der Waals surface area contributed by atoms with E-state index in [-0.39, 0.29) is 35.6 Å². The van der Waals surface area contributed by atoms with Crippen molar-refractivity contribution in [1.29, 1.82) is 0 Å². The zero-order valence-corrected chi connectivity index (χ0v) is 29.9. The number of aromatic nitrogens is 1. The van der Waals surface area contributed by atoms with Gasteiger partial charge in [-0.2, -0.15) is 0 Å². The monoisotopic (exact) mass is 729 g/mol. The zero-order chi connectivity index (χ0) is 36.6. The van der Waals surface area contributed by atoms with Crippen molar-refractivity contribution in [3.63, 3.8) is 0 Å². The van der Waals surface area contributed by atoms with Crippen molar-refractivity contribution in [3.8, 4) is 17.0 Å². The number of ether oxygens (including phenoxy) is 1. The van der Waals surface area contributed by atoms with Crippen LogP contribution in [-0.4, -0.2) is 55.5 Å². The van der Waals surface area contributed by atoms with Gasteiger partial charge in [-0.15, -0.1) is 13.2 Å². The minimum atomic E-state index is -4.80. The lowest BCUT2D eigenvalue weighted by atomic mass is 9.91. The molecule has 2 fully saturated rings. The molecule has 1 saturated carbocycles. The van der Waals surface area contributed by atoms with E-state index in [0.717, 1.165) is 68.1 Å². The van der Waals surface area contributed by atoms with Crippen molar-refractivity contribution in [2.45, 2.75) is 94.2 Å². The number of rotatable bonds is 15. The molecule has 1 aliphatic heterocycles. The lowest BCUT2D eigenvalue weighted by Gasteiger charge is -2.28. The first-order valence-corrected chi connectivity index (χ1v) is 19.4. The Kier molecular flexibility index (Phi) is 12.9. The van der Waals surface area contributed by atoms with E-state index < -0.39 is 33.2 Å². The standard InChI is InChI=1S/C39H47F4N3O4S/c1-3-35(51(48,49)36-17-12-32(40)13-18-36)16-7-27(2)38(47)44-25-30-23-33(22-28-6-4-5-20-46(21-19-28)26-29-8-9-29)45-37(24-30)31-10-14-34(15-11-31)50-39(41,42)43/h10-15,17-18,23-24,28-29,35H,2-9,16,19-22,25-26H2,1H3,(H,44,47). The molecule has 51 heavy (non-hydrogen) atoms. The van der Waals surface area contributed by atoms with Crippen LogP contribution in [0.1, 0.15) is 76.0 Å². The average molecular weight is 730 g/mol. The second-order valence-corrected chi connectivity index (χ2v) is 16.1. The van der Waals surface area contributed by atoms with Gasteiger partial charge in [0, 0.05) is 29.9 Å². The fourth-order valence-corrected chi connectivity index (χ4v) is 8.49. The molecule has 2 aliphatic rings. The molecule has 3 aromatic rings. The molecule has 1 aromatic heterocycles. The van der Waals surface area contributed by atoms with Crippen LogP contribution in [0.4, 0.5) is 17.6 Å². The molecule has 0 spiro atoms. The number of alkyl halides is 3. The minimum absolute atomic E-state index is 0.0348. The van der Waals surface area contributed by atoms with Crippen LogP contribution in [-0.2, 0) is 27.6 Å². The fourth-order valence-electron chi connectivity index (χ4n) is 6.72. The van der Waals surface area contributed by atoms with E-state index in [2.05, 4.69) is 21.5 Å². The van der Waals surface area contributed by atoms with Gasteiger partial charge in [-0.1, -0.05) is 19.9 Å². The van der Waals surface area contributed by atoms with Crippen LogP contribution in [0.25, 0.3) is 11.3 Å². The molecule has 5 rings (SSSR count). The van der Waals surface area contributed by atoms with Crippen molar-refractivity contribution in [1.82, 2.24) is 15.2 Å². The molecule has 276 valence electrons. The first-order chi connectivity index (χ1) is 24.3. The minimum Gasteiger partial charge on any atom is -0.406 e. The van der Waals surface area contributed by atoms with Crippen molar-refractivity contribution >= 4 is 15.7 Å². The van der Waals surface area contributed by atoms with Crippen LogP contribution in [0, 0.1) is 17.7 Å². The van der Waals surface area contributed by atoms with Crippen LogP contribution in [0.5, 0.6) is 5.75 Å². The van der Waals surface area contributed by atoms with Gasteiger partial charge < -0.3 is 15.0 Å². The SMILES string of the molecule is C=C(CCC(CC)S(=O)(=O)c1ccc(F)cc1)C(=O)NCc1cc(CC2CCCCN(CC3CC3)CC2)nc(-c2ccc(OC(F)(F)F)cc2)c1. The number of carbonyl (C=O) groups excluding carboxylic acids is 1. The van der Waals surface area contributed by atoms with Crippen molar-refractivity contribution in [2.24, 2.45) is 11.8 Å². The molecule has 12 heteroatoms. The highest BCUT2D eigenvalue weighted by Gasteiger charge is 2.31. The fraction of sp³-hybridized carbons (Fsp3) is 0.487. The predicted octanol–water partition coefficient (Wildman–Crippen LogP) is 8.44. The second-order valence-electron chi connectivity index (χ2n) is 13.9. The van der Waals surface area contributed by atoms with E-state index >= 15 is 0 Å². The number of likely N-dealkylation sites (tertiary alicyclic amines) is 1. The second kappa shape index (κ2) is 17.2. The Hall–Kier alpha value is -3.77. The topological polar surface area (TPSA) is 88.6 Å². The summed E-state index contributed by atoms with van der Waals surface area (Å²) < 4.78 is 82.0. The number of hydrogen-bond donors (Lipinski definition) is 1. The molecule has 1 saturated heterocycles. The molecular weight excluding hydrogens is 683 g/mol. The Morgan fingerprint density at radius 1 is 1.00 bits per heavy atom. The Morgan fingerprint density at radius 2 is 1.73 bits per heavy atom. The van der Waals surface area contributed by atoms with Gasteiger partial charge in [0.2, 0.25) is 5.91 Å². The maximum Gasteiger partial charge on any atom is 0.573 e. The summed E-state index contributed by atoms with van der Waals surface area (Å²) in [6.07, 6.45) is 3.71. The normalized spacial score (nSPS) is 18.0. The number of halogens is 4. The number of nitrogens with zero attached hydrogens (tertiary/aromatic N) is 2. The van der Waals surface area contributed by atoms with E-state index in [4.69, 9.17) is 4.98 Å². The average Bonchev–Trinajstić information content (AvgIpc) is 3.90. The van der Waals surface area contributed by atoms with E-state index in [1.165, 1.54) is 62.2 Å². The Labute approximate surface area is 298 Å². The van der Waals surface area contributed by atoms with Crippen LogP contribution >= 0.6 is 0 Å².